The molecule has 1 N–H and O–H groups in total. The van der Waals surface area contributed by atoms with Gasteiger partial charge >= 0.3 is 5.97 Å². The van der Waals surface area contributed by atoms with Crippen molar-refractivity contribution in [3.05, 3.63) is 38.4 Å². The summed E-state index contributed by atoms with van der Waals surface area (Å²) in [5.41, 5.74) is -0.532. The zero-order valence-corrected chi connectivity index (χ0v) is 32.0. The van der Waals surface area contributed by atoms with Crippen molar-refractivity contribution < 1.29 is 62.0 Å². The number of nitro groups is 2. The zero-order chi connectivity index (χ0) is 39.2. The Labute approximate surface area is 319 Å². The van der Waals surface area contributed by atoms with Crippen LogP contribution in [0.4, 0.5) is 17.1 Å². The van der Waals surface area contributed by atoms with E-state index in [1.54, 1.807) is 0 Å². The van der Waals surface area contributed by atoms with Crippen molar-refractivity contribution in [2.75, 3.05) is 137 Å². The number of ether oxygens (including phenoxy) is 10. The lowest BCUT2D eigenvalue weighted by Crippen LogP contribution is -2.16. The largest absolute Gasteiger partial charge is 0.463 e. The molecule has 54 heavy (non-hydrogen) atoms. The molecule has 1 aromatic rings. The van der Waals surface area contributed by atoms with E-state index in [2.05, 4.69) is 12.2 Å². The molecule has 0 bridgehead atoms. The number of rotatable bonds is 41. The quantitative estimate of drug-likeness (QED) is 0.0412. The van der Waals surface area contributed by atoms with Crippen LogP contribution in [0.1, 0.15) is 58.3 Å². The van der Waals surface area contributed by atoms with E-state index in [0.29, 0.717) is 119 Å². The summed E-state index contributed by atoms with van der Waals surface area (Å²) in [5, 5.41) is 24.8. The molecule has 0 heterocycles. The molecule has 0 atom stereocenters. The van der Waals surface area contributed by atoms with E-state index in [9.17, 15) is 25.0 Å². The van der Waals surface area contributed by atoms with E-state index in [-0.39, 0.29) is 42.8 Å². The Kier molecular flexibility index (Phi) is 33.4. The van der Waals surface area contributed by atoms with Gasteiger partial charge in [0.15, 0.2) is 0 Å². The van der Waals surface area contributed by atoms with Crippen LogP contribution in [0.5, 0.6) is 0 Å². The molecule has 0 fully saturated rings. The molecule has 18 heteroatoms. The van der Waals surface area contributed by atoms with Crippen molar-refractivity contribution >= 4 is 23.0 Å². The molecule has 0 unspecified atom stereocenters. The highest BCUT2D eigenvalue weighted by molar-refractivity contribution is 5.69. The minimum Gasteiger partial charge on any atom is -0.463 e. The smallest absolute Gasteiger partial charge is 0.305 e. The van der Waals surface area contributed by atoms with Crippen LogP contribution in [0.15, 0.2) is 18.2 Å². The van der Waals surface area contributed by atoms with Crippen LogP contribution in [0.25, 0.3) is 0 Å². The SMILES string of the molecule is CCCCCCCCCC(=O)OCCOCCOCCOCCOCCOCCOCCOCCOCCOCCNc1ccc([N+](=O)[O-])cc1[N+](=O)[O-]. The van der Waals surface area contributed by atoms with Crippen molar-refractivity contribution in [2.45, 2.75) is 58.3 Å². The van der Waals surface area contributed by atoms with Crippen LogP contribution in [-0.4, -0.2) is 148 Å². The number of esters is 1. The molecule has 0 aliphatic heterocycles. The number of nitrogens with zero attached hydrogens (tertiary/aromatic N) is 2. The van der Waals surface area contributed by atoms with E-state index in [1.165, 1.54) is 44.2 Å². The first-order valence-electron chi connectivity index (χ1n) is 19.0. The van der Waals surface area contributed by atoms with Gasteiger partial charge in [0, 0.05) is 19.0 Å². The van der Waals surface area contributed by atoms with E-state index in [4.69, 9.17) is 47.4 Å². The number of hydrogen-bond acceptors (Lipinski definition) is 16. The van der Waals surface area contributed by atoms with E-state index in [0.717, 1.165) is 18.9 Å². The van der Waals surface area contributed by atoms with Gasteiger partial charge in [0.2, 0.25) is 0 Å². The number of hydrogen-bond donors (Lipinski definition) is 1. The van der Waals surface area contributed by atoms with E-state index in [1.807, 2.05) is 0 Å². The zero-order valence-electron chi connectivity index (χ0n) is 32.0. The van der Waals surface area contributed by atoms with Gasteiger partial charge in [-0.25, -0.2) is 0 Å². The molecule has 1 aromatic carbocycles. The fourth-order valence-electron chi connectivity index (χ4n) is 4.57. The minimum absolute atomic E-state index is 0.155. The van der Waals surface area contributed by atoms with Crippen molar-refractivity contribution in [2.24, 2.45) is 0 Å². The average Bonchev–Trinajstić information content (AvgIpc) is 3.16. The maximum atomic E-state index is 11.7. The number of nitrogens with one attached hydrogen (secondary N) is 1. The summed E-state index contributed by atoms with van der Waals surface area (Å²) in [7, 11) is 0. The van der Waals surface area contributed by atoms with Crippen molar-refractivity contribution in [1.29, 1.82) is 0 Å². The van der Waals surface area contributed by atoms with Gasteiger partial charge in [0.05, 0.1) is 135 Å². The lowest BCUT2D eigenvalue weighted by molar-refractivity contribution is -0.393. The predicted octanol–water partition coefficient (Wildman–Crippen LogP) is 4.75. The standard InChI is InChI=1S/C36H63N3O15/c1-2-3-4-5-6-7-8-9-36(40)54-31-30-53-29-28-52-27-26-51-25-24-50-23-22-49-21-20-48-19-18-47-17-16-46-15-14-45-13-12-37-34-11-10-33(38(41)42)32-35(34)39(43)44/h10-11,32,37H,2-9,12-31H2,1H3. The second-order valence-electron chi connectivity index (χ2n) is 11.7. The topological polar surface area (TPSA) is 208 Å². The predicted molar refractivity (Wildman–Crippen MR) is 199 cm³/mol. The Morgan fingerprint density at radius 3 is 1.33 bits per heavy atom. The Balaban J connectivity index is 1.72. The summed E-state index contributed by atoms with van der Waals surface area (Å²) in [6.45, 7) is 10.3. The lowest BCUT2D eigenvalue weighted by atomic mass is 10.1. The molecular formula is C36H63N3O15. The van der Waals surface area contributed by atoms with Gasteiger partial charge < -0.3 is 52.7 Å². The minimum atomic E-state index is -0.682. The fourth-order valence-corrected chi connectivity index (χ4v) is 4.57. The van der Waals surface area contributed by atoms with Gasteiger partial charge in [0.25, 0.3) is 11.4 Å². The molecular weight excluding hydrogens is 714 g/mol. The Hall–Kier alpha value is -3.07. The first-order chi connectivity index (χ1) is 26.5. The third-order valence-corrected chi connectivity index (χ3v) is 7.40. The molecule has 1 rings (SSSR count). The van der Waals surface area contributed by atoms with Crippen LogP contribution >= 0.6 is 0 Å². The number of non-ortho nitro benzene ring substituents is 1. The monoisotopic (exact) mass is 777 g/mol. The molecule has 0 saturated carbocycles. The van der Waals surface area contributed by atoms with Crippen LogP contribution in [0.2, 0.25) is 0 Å². The fraction of sp³-hybridized carbons (Fsp3) is 0.806. The molecule has 0 radical (unpaired) electrons. The first-order valence-corrected chi connectivity index (χ1v) is 19.0. The second-order valence-corrected chi connectivity index (χ2v) is 11.7. The van der Waals surface area contributed by atoms with Crippen molar-refractivity contribution in [1.82, 2.24) is 0 Å². The number of benzene rings is 1. The van der Waals surface area contributed by atoms with Gasteiger partial charge in [-0.3, -0.25) is 25.0 Å². The summed E-state index contributed by atoms with van der Waals surface area (Å²) in [5.74, 6) is -0.155. The van der Waals surface area contributed by atoms with Gasteiger partial charge in [-0.15, -0.1) is 0 Å². The summed E-state index contributed by atoms with van der Waals surface area (Å²) in [4.78, 5) is 32.3. The Bertz CT molecular complexity index is 1070. The number of nitro benzene ring substituents is 2. The van der Waals surface area contributed by atoms with Crippen LogP contribution in [0, 0.1) is 20.2 Å². The summed E-state index contributed by atoms with van der Waals surface area (Å²) < 4.78 is 54.2. The Morgan fingerprint density at radius 2 is 0.926 bits per heavy atom. The highest BCUT2D eigenvalue weighted by Gasteiger charge is 2.19. The second kappa shape index (κ2) is 36.9. The first kappa shape index (κ1) is 48.9. The summed E-state index contributed by atoms with van der Waals surface area (Å²) in [6, 6.07) is 3.42. The number of carbonyl (C=O) groups is 1. The van der Waals surface area contributed by atoms with Crippen molar-refractivity contribution in [3.8, 4) is 0 Å². The molecule has 0 aliphatic carbocycles. The summed E-state index contributed by atoms with van der Waals surface area (Å²) in [6.07, 6.45) is 8.70. The molecule has 18 nitrogen and oxygen atoms in total. The van der Waals surface area contributed by atoms with Crippen LogP contribution in [-0.2, 0) is 52.2 Å². The van der Waals surface area contributed by atoms with E-state index < -0.39 is 9.85 Å². The molecule has 0 aliphatic rings. The highest BCUT2D eigenvalue weighted by atomic mass is 16.6. The third-order valence-electron chi connectivity index (χ3n) is 7.40. The van der Waals surface area contributed by atoms with Gasteiger partial charge in [0.1, 0.15) is 12.3 Å². The molecule has 0 aromatic heterocycles. The highest BCUT2D eigenvalue weighted by Crippen LogP contribution is 2.28. The maximum absolute atomic E-state index is 11.7. The number of unbranched alkanes of at least 4 members (excludes halogenated alkanes) is 6. The number of carbonyl (C=O) groups excluding carboxylic acids is 1. The molecule has 0 saturated heterocycles. The van der Waals surface area contributed by atoms with Gasteiger partial charge in [-0.05, 0) is 12.5 Å². The lowest BCUT2D eigenvalue weighted by Gasteiger charge is -2.09. The van der Waals surface area contributed by atoms with E-state index >= 15 is 0 Å². The van der Waals surface area contributed by atoms with Gasteiger partial charge in [-0.1, -0.05) is 45.4 Å². The Morgan fingerprint density at radius 1 is 0.537 bits per heavy atom. The van der Waals surface area contributed by atoms with Crippen molar-refractivity contribution in [3.63, 3.8) is 0 Å². The van der Waals surface area contributed by atoms with Crippen LogP contribution in [0.3, 0.4) is 0 Å². The average molecular weight is 778 g/mol. The summed E-state index contributed by atoms with van der Waals surface area (Å²) >= 11 is 0. The molecule has 0 amide bonds. The maximum Gasteiger partial charge on any atom is 0.305 e. The van der Waals surface area contributed by atoms with Gasteiger partial charge in [-0.2, -0.15) is 0 Å². The molecule has 312 valence electrons. The number of anilines is 1. The third kappa shape index (κ3) is 30.3. The van der Waals surface area contributed by atoms with Crippen LogP contribution < -0.4 is 5.32 Å². The normalized spacial score (nSPS) is 11.2. The molecule has 0 spiro atoms.